The number of aryl methyl sites for hydroxylation is 1. The highest BCUT2D eigenvalue weighted by atomic mass is 16.7. The molecular formula is C20H27N5O2. The molecule has 0 unspecified atom stereocenters. The van der Waals surface area contributed by atoms with Crippen LogP contribution in [0.2, 0.25) is 0 Å². The lowest BCUT2D eigenvalue weighted by molar-refractivity contribution is 0.174. The van der Waals surface area contributed by atoms with Crippen LogP contribution in [0, 0.1) is 12.8 Å². The maximum atomic E-state index is 5.79. The topological polar surface area (TPSA) is 76.7 Å². The maximum Gasteiger partial charge on any atom is 0.231 e. The van der Waals surface area contributed by atoms with Crippen LogP contribution in [0.5, 0.6) is 11.5 Å². The predicted molar refractivity (Wildman–Crippen MR) is 105 cm³/mol. The summed E-state index contributed by atoms with van der Waals surface area (Å²) in [7, 11) is 0. The molecule has 0 amide bonds. The Morgan fingerprint density at radius 1 is 1.07 bits per heavy atom. The molecule has 2 N–H and O–H groups in total. The van der Waals surface area contributed by atoms with Crippen LogP contribution in [-0.4, -0.2) is 54.4 Å². The van der Waals surface area contributed by atoms with E-state index in [1.165, 1.54) is 5.56 Å². The van der Waals surface area contributed by atoms with Gasteiger partial charge < -0.3 is 20.1 Å². The van der Waals surface area contributed by atoms with Crippen molar-refractivity contribution in [3.63, 3.8) is 0 Å². The normalized spacial score (nSPS) is 17.9. The summed E-state index contributed by atoms with van der Waals surface area (Å²) >= 11 is 0. The first-order chi connectivity index (χ1) is 13.1. The van der Waals surface area contributed by atoms with Gasteiger partial charge in [-0.15, -0.1) is 0 Å². The van der Waals surface area contributed by atoms with E-state index in [9.17, 15) is 0 Å². The number of piperazine rings is 1. The van der Waals surface area contributed by atoms with Crippen molar-refractivity contribution in [3.8, 4) is 11.5 Å². The lowest BCUT2D eigenvalue weighted by Crippen LogP contribution is -2.48. The van der Waals surface area contributed by atoms with Crippen molar-refractivity contribution in [2.75, 3.05) is 50.2 Å². The van der Waals surface area contributed by atoms with Gasteiger partial charge in [0.15, 0.2) is 11.5 Å². The molecule has 2 aliphatic rings. The molecule has 0 spiro atoms. The molecule has 2 aromatic rings. The molecular weight excluding hydrogens is 342 g/mol. The Balaban J connectivity index is 1.28. The molecule has 0 saturated carbocycles. The Labute approximate surface area is 160 Å². The van der Waals surface area contributed by atoms with Gasteiger partial charge in [-0.05, 0) is 37.0 Å². The van der Waals surface area contributed by atoms with Gasteiger partial charge in [0.05, 0.1) is 0 Å². The summed E-state index contributed by atoms with van der Waals surface area (Å²) < 4.78 is 10.9. The molecule has 1 atom stereocenters. The number of nitrogens with two attached hydrogens (primary N) is 1. The van der Waals surface area contributed by atoms with Crippen molar-refractivity contribution in [1.82, 2.24) is 14.9 Å². The zero-order valence-corrected chi connectivity index (χ0v) is 16.0. The second-order valence-corrected chi connectivity index (χ2v) is 7.51. The fourth-order valence-corrected chi connectivity index (χ4v) is 3.87. The van der Waals surface area contributed by atoms with Gasteiger partial charge in [-0.25, -0.2) is 4.98 Å². The number of benzene rings is 1. The zero-order valence-electron chi connectivity index (χ0n) is 16.0. The quantitative estimate of drug-likeness (QED) is 0.865. The second kappa shape index (κ2) is 7.60. The third kappa shape index (κ3) is 4.24. The Kier molecular flexibility index (Phi) is 5.03. The number of nitrogens with zero attached hydrogens (tertiary/aromatic N) is 4. The number of rotatable bonds is 5. The maximum absolute atomic E-state index is 5.79. The second-order valence-electron chi connectivity index (χ2n) is 7.51. The highest BCUT2D eigenvalue weighted by molar-refractivity contribution is 5.45. The number of nitrogen functional groups attached to an aromatic ring is 1. The summed E-state index contributed by atoms with van der Waals surface area (Å²) in [6, 6.07) is 8.27. The van der Waals surface area contributed by atoms with E-state index < -0.39 is 0 Å². The molecule has 0 radical (unpaired) electrons. The standard InChI is InChI=1S/C20H27N5O2/c1-14(9-16-3-4-17-18(11-16)27-13-26-17)12-24-5-7-25(8-6-24)19-10-15(2)22-20(21)23-19/h3-4,10-11,14H,5-9,12-13H2,1-2H3,(H2,21,22,23)/t14-/m0/s1. The minimum atomic E-state index is 0.329. The molecule has 0 aliphatic carbocycles. The van der Waals surface area contributed by atoms with Crippen LogP contribution in [0.15, 0.2) is 24.3 Å². The summed E-state index contributed by atoms with van der Waals surface area (Å²) in [4.78, 5) is 13.4. The molecule has 144 valence electrons. The summed E-state index contributed by atoms with van der Waals surface area (Å²) in [5.41, 5.74) is 8.01. The zero-order chi connectivity index (χ0) is 18.8. The van der Waals surface area contributed by atoms with E-state index in [1.807, 2.05) is 19.1 Å². The summed E-state index contributed by atoms with van der Waals surface area (Å²) in [5, 5.41) is 0. The molecule has 4 rings (SSSR count). The van der Waals surface area contributed by atoms with Gasteiger partial charge in [-0.2, -0.15) is 4.98 Å². The minimum Gasteiger partial charge on any atom is -0.454 e. The fraction of sp³-hybridized carbons (Fsp3) is 0.500. The van der Waals surface area contributed by atoms with E-state index >= 15 is 0 Å². The van der Waals surface area contributed by atoms with Gasteiger partial charge in [0.25, 0.3) is 0 Å². The van der Waals surface area contributed by atoms with Crippen molar-refractivity contribution in [1.29, 1.82) is 0 Å². The Morgan fingerprint density at radius 3 is 2.63 bits per heavy atom. The first-order valence-corrected chi connectivity index (χ1v) is 9.54. The molecule has 1 aromatic carbocycles. The molecule has 7 heteroatoms. The fourth-order valence-electron chi connectivity index (χ4n) is 3.87. The number of aromatic nitrogens is 2. The summed E-state index contributed by atoms with van der Waals surface area (Å²) in [6.45, 7) is 9.69. The lowest BCUT2D eigenvalue weighted by atomic mass is 10.00. The number of fused-ring (bicyclic) bond motifs is 1. The van der Waals surface area contributed by atoms with Gasteiger partial charge in [0, 0.05) is 44.5 Å². The van der Waals surface area contributed by atoms with E-state index in [0.717, 1.165) is 62.2 Å². The molecule has 1 saturated heterocycles. The van der Waals surface area contributed by atoms with Gasteiger partial charge in [0.1, 0.15) is 5.82 Å². The lowest BCUT2D eigenvalue weighted by Gasteiger charge is -2.36. The predicted octanol–water partition coefficient (Wildman–Crippen LogP) is 2.10. The molecule has 1 aromatic heterocycles. The molecule has 7 nitrogen and oxygen atoms in total. The summed E-state index contributed by atoms with van der Waals surface area (Å²) in [5.74, 6) is 3.59. The Hall–Kier alpha value is -2.54. The van der Waals surface area contributed by atoms with Crippen LogP contribution >= 0.6 is 0 Å². The molecule has 2 aliphatic heterocycles. The summed E-state index contributed by atoms with van der Waals surface area (Å²) in [6.07, 6.45) is 1.04. The molecule has 0 bridgehead atoms. The number of anilines is 2. The van der Waals surface area contributed by atoms with E-state index in [0.29, 0.717) is 18.7 Å². The SMILES string of the molecule is Cc1cc(N2CCN(C[C@@H](C)Cc3ccc4c(c3)OCO4)CC2)nc(N)n1. The van der Waals surface area contributed by atoms with Crippen LogP contribution < -0.4 is 20.1 Å². The van der Waals surface area contributed by atoms with Crippen LogP contribution in [0.1, 0.15) is 18.2 Å². The number of ether oxygens (including phenoxy) is 2. The largest absolute Gasteiger partial charge is 0.454 e. The average Bonchev–Trinajstić information content (AvgIpc) is 3.09. The van der Waals surface area contributed by atoms with E-state index in [4.69, 9.17) is 15.2 Å². The van der Waals surface area contributed by atoms with Crippen molar-refractivity contribution < 1.29 is 9.47 Å². The van der Waals surface area contributed by atoms with Gasteiger partial charge in [-0.3, -0.25) is 4.90 Å². The third-order valence-corrected chi connectivity index (χ3v) is 5.15. The van der Waals surface area contributed by atoms with Crippen LogP contribution in [0.3, 0.4) is 0 Å². The van der Waals surface area contributed by atoms with Gasteiger partial charge in [0.2, 0.25) is 12.7 Å². The first-order valence-electron chi connectivity index (χ1n) is 9.54. The van der Waals surface area contributed by atoms with Crippen LogP contribution in [-0.2, 0) is 6.42 Å². The number of hydrogen-bond donors (Lipinski definition) is 1. The van der Waals surface area contributed by atoms with E-state index in [1.54, 1.807) is 0 Å². The smallest absolute Gasteiger partial charge is 0.231 e. The van der Waals surface area contributed by atoms with Crippen molar-refractivity contribution in [3.05, 3.63) is 35.5 Å². The van der Waals surface area contributed by atoms with E-state index in [2.05, 4.69) is 38.8 Å². The molecule has 3 heterocycles. The first kappa shape index (κ1) is 17.9. The van der Waals surface area contributed by atoms with E-state index in [-0.39, 0.29) is 0 Å². The van der Waals surface area contributed by atoms with Crippen LogP contribution in [0.4, 0.5) is 11.8 Å². The third-order valence-electron chi connectivity index (χ3n) is 5.15. The number of hydrogen-bond acceptors (Lipinski definition) is 7. The molecule has 27 heavy (non-hydrogen) atoms. The Morgan fingerprint density at radius 2 is 1.85 bits per heavy atom. The minimum absolute atomic E-state index is 0.329. The Bertz CT molecular complexity index is 785. The monoisotopic (exact) mass is 369 g/mol. The van der Waals surface area contributed by atoms with Crippen molar-refractivity contribution in [2.24, 2.45) is 5.92 Å². The van der Waals surface area contributed by atoms with Crippen molar-refractivity contribution >= 4 is 11.8 Å². The van der Waals surface area contributed by atoms with Crippen molar-refractivity contribution in [2.45, 2.75) is 20.3 Å². The highest BCUT2D eigenvalue weighted by Gasteiger charge is 2.21. The molecule has 1 fully saturated rings. The van der Waals surface area contributed by atoms with Gasteiger partial charge in [-0.1, -0.05) is 13.0 Å². The highest BCUT2D eigenvalue weighted by Crippen LogP contribution is 2.33. The van der Waals surface area contributed by atoms with Gasteiger partial charge >= 0.3 is 0 Å². The average molecular weight is 369 g/mol. The van der Waals surface area contributed by atoms with Crippen LogP contribution in [0.25, 0.3) is 0 Å².